The second-order valence-corrected chi connectivity index (χ2v) is 16.6. The maximum atomic E-state index is 15.2. The van der Waals surface area contributed by atoms with E-state index in [9.17, 15) is 34.5 Å². The number of thiophene rings is 1. The number of phenols is 2. The van der Waals surface area contributed by atoms with Crippen LogP contribution in [-0.4, -0.2) is 54.7 Å². The summed E-state index contributed by atoms with van der Waals surface area (Å²) in [5, 5.41) is 36.2. The van der Waals surface area contributed by atoms with Crippen molar-refractivity contribution in [3.63, 3.8) is 0 Å². The van der Waals surface area contributed by atoms with Gasteiger partial charge in [0.2, 0.25) is 23.6 Å². The van der Waals surface area contributed by atoms with Crippen LogP contribution in [-0.2, 0) is 26.2 Å². The summed E-state index contributed by atoms with van der Waals surface area (Å²) >= 11 is 7.79. The highest BCUT2D eigenvalue weighted by Gasteiger charge is 2.68. The average Bonchev–Trinajstić information content (AvgIpc) is 3.82. The van der Waals surface area contributed by atoms with Gasteiger partial charge in [-0.1, -0.05) is 29.3 Å². The van der Waals surface area contributed by atoms with Gasteiger partial charge in [-0.25, -0.2) is 19.0 Å². The molecule has 12 nitrogen and oxygen atoms in total. The highest BCUT2D eigenvalue weighted by Crippen LogP contribution is 2.64. The molecule has 3 fully saturated rings. The number of hydrogen-bond donors (Lipinski definition) is 3. The molecule has 4 amide bonds. The van der Waals surface area contributed by atoms with Crippen LogP contribution in [0.2, 0.25) is 5.02 Å². The van der Waals surface area contributed by atoms with Crippen LogP contribution in [0.25, 0.3) is 20.7 Å². The first-order chi connectivity index (χ1) is 26.6. The molecule has 0 spiro atoms. The largest absolute Gasteiger partial charge is 0.507 e. The monoisotopic (exact) mass is 794 g/mol. The lowest BCUT2D eigenvalue weighted by atomic mass is 9.51. The quantitative estimate of drug-likeness (QED) is 0.126. The molecule has 6 atom stereocenters. The molecule has 0 bridgehead atoms. The summed E-state index contributed by atoms with van der Waals surface area (Å²) in [6.07, 6.45) is 1.94. The van der Waals surface area contributed by atoms with E-state index in [0.717, 1.165) is 48.5 Å². The van der Waals surface area contributed by atoms with Gasteiger partial charge in [0, 0.05) is 34.8 Å². The predicted octanol–water partition coefficient (Wildman–Crippen LogP) is 6.95. The molecule has 2 aliphatic carbocycles. The molecule has 5 aromatic rings. The normalized spacial score (nSPS) is 25.8. The Morgan fingerprint density at radius 2 is 1.71 bits per heavy atom. The number of aromatic carboxylic acids is 1. The van der Waals surface area contributed by atoms with Crippen LogP contribution in [0.1, 0.15) is 47.2 Å². The van der Waals surface area contributed by atoms with E-state index in [2.05, 4.69) is 0 Å². The van der Waals surface area contributed by atoms with Crippen LogP contribution < -0.4 is 9.80 Å². The van der Waals surface area contributed by atoms with Gasteiger partial charge in [0.1, 0.15) is 22.8 Å². The Bertz CT molecular complexity index is 2670. The number of fused-ring (bicyclic) bond motifs is 5. The Labute approximate surface area is 327 Å². The third kappa shape index (κ3) is 4.87. The van der Waals surface area contributed by atoms with E-state index in [4.69, 9.17) is 16.7 Å². The Morgan fingerprint density at radius 1 is 0.946 bits per heavy atom. The Morgan fingerprint density at radius 3 is 2.43 bits per heavy atom. The first-order valence-corrected chi connectivity index (χ1v) is 19.0. The predicted molar refractivity (Wildman–Crippen MR) is 204 cm³/mol. The van der Waals surface area contributed by atoms with Crippen molar-refractivity contribution >= 4 is 74.1 Å². The second-order valence-electron chi connectivity index (χ2n) is 15.1. The van der Waals surface area contributed by atoms with Crippen molar-refractivity contribution in [3.05, 3.63) is 99.8 Å². The average molecular weight is 795 g/mol. The number of aryl methyl sites for hydroxylation is 2. The van der Waals surface area contributed by atoms with Crippen molar-refractivity contribution in [1.82, 2.24) is 9.78 Å². The first kappa shape index (κ1) is 35.8. The first-order valence-electron chi connectivity index (χ1n) is 17.9. The summed E-state index contributed by atoms with van der Waals surface area (Å²) in [4.78, 5) is 72.6. The number of anilines is 2. The van der Waals surface area contributed by atoms with Crippen LogP contribution in [0.3, 0.4) is 0 Å². The molecule has 4 heterocycles. The summed E-state index contributed by atoms with van der Waals surface area (Å²) in [6.45, 7) is 3.63. The van der Waals surface area contributed by atoms with E-state index >= 15 is 9.18 Å². The molecule has 284 valence electrons. The second kappa shape index (κ2) is 12.3. The lowest BCUT2D eigenvalue weighted by Gasteiger charge is -2.49. The summed E-state index contributed by atoms with van der Waals surface area (Å²) in [5.41, 5.74) is 0.533. The summed E-state index contributed by atoms with van der Waals surface area (Å²) < 4.78 is 17.6. The minimum absolute atomic E-state index is 0.00136. The molecule has 4 aliphatic rings. The summed E-state index contributed by atoms with van der Waals surface area (Å²) in [7, 11) is 1.64. The van der Waals surface area contributed by atoms with Crippen LogP contribution in [0, 0.1) is 41.8 Å². The third-order valence-corrected chi connectivity index (χ3v) is 13.8. The van der Waals surface area contributed by atoms with Crippen molar-refractivity contribution < 1.29 is 43.7 Å². The number of rotatable bonds is 5. The number of hydrogen-bond acceptors (Lipinski definition) is 9. The Balaban J connectivity index is 1.14. The number of halogens is 2. The summed E-state index contributed by atoms with van der Waals surface area (Å²) in [6, 6.07) is 14.6. The molecule has 2 saturated heterocycles. The molecule has 3 aromatic carbocycles. The number of carbonyl (C=O) groups is 5. The molecule has 9 rings (SSSR count). The lowest BCUT2D eigenvalue weighted by Crippen LogP contribution is -2.49. The van der Waals surface area contributed by atoms with E-state index in [0.29, 0.717) is 21.9 Å². The molecule has 1 saturated carbocycles. The number of benzene rings is 3. The molecule has 2 aliphatic heterocycles. The number of aromatic nitrogens is 2. The molecule has 56 heavy (non-hydrogen) atoms. The minimum Gasteiger partial charge on any atom is -0.507 e. The van der Waals surface area contributed by atoms with Gasteiger partial charge in [-0.05, 0) is 91.6 Å². The Kier molecular flexibility index (Phi) is 7.88. The standard InChI is InChI=1S/C41H32ClFN4O8S/c1-17-24-13-19(42)5-11-31(24)56-35(17)28-16-32(45(3)44-28)47-37(51)26-15-25-21(34(41(26,2)40(47)55)18-4-10-29(48)27(43)12-18)8-9-23-33(25)38(52)46(36(23)50)20-6-7-22(39(53)54)30(49)14-20/h4-8,10-14,16,23,25-26,33-34,48-49H,9,15H2,1-3H3,(H,53,54)/t23-,25+,26-,33-,34-,41+/m0/s1. The van der Waals surface area contributed by atoms with E-state index in [-0.39, 0.29) is 24.3 Å². The lowest BCUT2D eigenvalue weighted by molar-refractivity contribution is -0.131. The molecule has 0 radical (unpaired) electrons. The van der Waals surface area contributed by atoms with Gasteiger partial charge in [-0.3, -0.25) is 23.9 Å². The Hall–Kier alpha value is -5.86. The topological polar surface area (TPSA) is 170 Å². The van der Waals surface area contributed by atoms with Gasteiger partial charge in [0.25, 0.3) is 0 Å². The third-order valence-electron chi connectivity index (χ3n) is 12.3. The highest BCUT2D eigenvalue weighted by molar-refractivity contribution is 7.22. The zero-order valence-corrected chi connectivity index (χ0v) is 31.6. The van der Waals surface area contributed by atoms with Crippen molar-refractivity contribution in [1.29, 1.82) is 0 Å². The summed E-state index contributed by atoms with van der Waals surface area (Å²) in [5.74, 6) is -9.98. The van der Waals surface area contributed by atoms with Crippen LogP contribution in [0.15, 0.2) is 72.3 Å². The van der Waals surface area contributed by atoms with Crippen LogP contribution >= 0.6 is 22.9 Å². The number of carbonyl (C=O) groups excluding carboxylic acids is 4. The number of allylic oxidation sites excluding steroid dienone is 2. The van der Waals surface area contributed by atoms with Crippen molar-refractivity contribution in [2.45, 2.75) is 32.6 Å². The molecule has 2 aromatic heterocycles. The maximum absolute atomic E-state index is 15.2. The highest BCUT2D eigenvalue weighted by atomic mass is 35.5. The fourth-order valence-electron chi connectivity index (χ4n) is 9.63. The molecule has 0 unspecified atom stereocenters. The molecular formula is C41H32ClFN4O8S. The zero-order chi connectivity index (χ0) is 39.7. The number of carboxylic acids is 1. The van der Waals surface area contributed by atoms with Gasteiger partial charge in [-0.15, -0.1) is 11.3 Å². The zero-order valence-electron chi connectivity index (χ0n) is 30.0. The van der Waals surface area contributed by atoms with Gasteiger partial charge < -0.3 is 15.3 Å². The van der Waals surface area contributed by atoms with Crippen molar-refractivity contribution in [2.75, 3.05) is 9.80 Å². The fourth-order valence-corrected chi connectivity index (χ4v) is 10.9. The van der Waals surface area contributed by atoms with Gasteiger partial charge in [0.15, 0.2) is 11.6 Å². The van der Waals surface area contributed by atoms with Crippen molar-refractivity contribution in [2.24, 2.45) is 36.1 Å². The molecule has 15 heteroatoms. The van der Waals surface area contributed by atoms with Gasteiger partial charge >= 0.3 is 5.97 Å². The van der Waals surface area contributed by atoms with Gasteiger partial charge in [-0.2, -0.15) is 5.10 Å². The number of amides is 4. The number of phenolic OH excluding ortho intramolecular Hbond substituents is 1. The van der Waals surface area contributed by atoms with E-state index in [1.54, 1.807) is 26.1 Å². The maximum Gasteiger partial charge on any atom is 0.339 e. The number of aromatic hydroxyl groups is 2. The van der Waals surface area contributed by atoms with E-state index in [1.807, 2.05) is 25.1 Å². The molecular weight excluding hydrogens is 763 g/mol. The van der Waals surface area contributed by atoms with Gasteiger partial charge in [0.05, 0.1) is 33.7 Å². The van der Waals surface area contributed by atoms with Crippen LogP contribution in [0.4, 0.5) is 15.9 Å². The van der Waals surface area contributed by atoms with Crippen LogP contribution in [0.5, 0.6) is 11.5 Å². The SMILES string of the molecule is Cc1c(-c2cc(N3C(=O)[C@@H]4C[C@@H]5C(=CC[C@@H]6C(=O)N(c7ccc(C(=O)O)c(O)c7)C(=O)[C@@H]65)[C@H](c5ccc(O)c(F)c5)[C@]4(C)C3=O)n(C)n2)sc2ccc(Cl)cc12. The number of nitrogens with zero attached hydrogens (tertiary/aromatic N) is 4. The molecule has 3 N–H and O–H groups in total. The smallest absolute Gasteiger partial charge is 0.339 e. The fraction of sp³-hybridized carbons (Fsp3) is 0.268. The van der Waals surface area contributed by atoms with E-state index < -0.39 is 87.5 Å². The minimum atomic E-state index is -1.48. The number of carboxylic acid groups (broad SMARTS) is 1. The number of imide groups is 2. The van der Waals surface area contributed by atoms with E-state index in [1.165, 1.54) is 34.2 Å². The van der Waals surface area contributed by atoms with Crippen molar-refractivity contribution in [3.8, 4) is 22.1 Å².